The Bertz CT molecular complexity index is 1270. The highest BCUT2D eigenvalue weighted by molar-refractivity contribution is 5.53. The van der Waals surface area contributed by atoms with E-state index in [2.05, 4.69) is 4.98 Å². The Kier molecular flexibility index (Phi) is 10.9. The standard InChI is InChI=1S/C31H41NO10/c1-39-26-11-18(5-7-23(26)35)6-8-25(41-16-33)29-20(14-21-4-3-9-32-21)15-24(36)22(30(29)37)10-19-12-27(40-2)31(38)28(13-19)42-17-34/h3-5,7,9,11-13,20,22,24-25,29-30,32-38H,6,8,10,14-17H2,1-2H3/t20-,22+,24+,25+,29-,30+/m1/s1. The summed E-state index contributed by atoms with van der Waals surface area (Å²) in [5, 5.41) is 62.6. The number of benzene rings is 2. The molecule has 0 aliphatic heterocycles. The van der Waals surface area contributed by atoms with Crippen molar-refractivity contribution >= 4 is 0 Å². The molecule has 1 aliphatic rings. The minimum Gasteiger partial charge on any atom is -0.504 e. The quantitative estimate of drug-likeness (QED) is 0.139. The van der Waals surface area contributed by atoms with Crippen LogP contribution in [0, 0.1) is 17.8 Å². The fraction of sp³-hybridized carbons (Fsp3) is 0.484. The summed E-state index contributed by atoms with van der Waals surface area (Å²) < 4.78 is 21.5. The van der Waals surface area contributed by atoms with Gasteiger partial charge in [0, 0.05) is 23.7 Å². The maximum Gasteiger partial charge on any atom is 0.200 e. The number of hydrogen-bond donors (Lipinski definition) is 7. The molecule has 1 aliphatic carbocycles. The van der Waals surface area contributed by atoms with Crippen molar-refractivity contribution in [2.45, 2.75) is 50.4 Å². The van der Waals surface area contributed by atoms with Crippen LogP contribution in [0.2, 0.25) is 0 Å². The first-order valence-electron chi connectivity index (χ1n) is 14.0. The van der Waals surface area contributed by atoms with Gasteiger partial charge in [-0.2, -0.15) is 0 Å². The largest absolute Gasteiger partial charge is 0.504 e. The molecule has 1 saturated carbocycles. The van der Waals surface area contributed by atoms with E-state index in [1.54, 1.807) is 30.3 Å². The third-order valence-electron chi connectivity index (χ3n) is 8.25. The van der Waals surface area contributed by atoms with Crippen molar-refractivity contribution in [1.82, 2.24) is 4.98 Å². The van der Waals surface area contributed by atoms with Crippen molar-refractivity contribution in [2.75, 3.05) is 27.8 Å². The number of aromatic amines is 1. The maximum atomic E-state index is 11.9. The smallest absolute Gasteiger partial charge is 0.200 e. The van der Waals surface area contributed by atoms with E-state index in [1.807, 2.05) is 18.3 Å². The number of aromatic nitrogens is 1. The molecule has 230 valence electrons. The van der Waals surface area contributed by atoms with Crippen molar-refractivity contribution in [3.8, 4) is 28.7 Å². The van der Waals surface area contributed by atoms with Gasteiger partial charge in [-0.1, -0.05) is 6.07 Å². The van der Waals surface area contributed by atoms with E-state index in [0.717, 1.165) is 11.3 Å². The van der Waals surface area contributed by atoms with E-state index in [1.165, 1.54) is 14.2 Å². The maximum absolute atomic E-state index is 11.9. The molecule has 2 aromatic carbocycles. The highest BCUT2D eigenvalue weighted by atomic mass is 16.6. The zero-order valence-electron chi connectivity index (χ0n) is 23.8. The number of phenolic OH excluding ortho intramolecular Hbond substituents is 2. The third-order valence-corrected chi connectivity index (χ3v) is 8.25. The van der Waals surface area contributed by atoms with Crippen molar-refractivity contribution in [1.29, 1.82) is 0 Å². The Balaban J connectivity index is 1.63. The molecule has 1 heterocycles. The van der Waals surface area contributed by atoms with Gasteiger partial charge < -0.3 is 54.6 Å². The van der Waals surface area contributed by atoms with E-state index < -0.39 is 43.7 Å². The molecule has 0 radical (unpaired) electrons. The summed E-state index contributed by atoms with van der Waals surface area (Å²) in [4.78, 5) is 3.21. The monoisotopic (exact) mass is 587 g/mol. The number of aliphatic hydroxyl groups is 4. The summed E-state index contributed by atoms with van der Waals surface area (Å²) in [5.41, 5.74) is 2.49. The zero-order valence-corrected chi connectivity index (χ0v) is 23.8. The van der Waals surface area contributed by atoms with Gasteiger partial charge >= 0.3 is 0 Å². The topological polar surface area (TPSA) is 174 Å². The van der Waals surface area contributed by atoms with Gasteiger partial charge in [0.2, 0.25) is 5.75 Å². The van der Waals surface area contributed by atoms with Gasteiger partial charge in [0.25, 0.3) is 0 Å². The van der Waals surface area contributed by atoms with Crippen LogP contribution in [0.4, 0.5) is 0 Å². The van der Waals surface area contributed by atoms with Crippen LogP contribution >= 0.6 is 0 Å². The molecule has 4 rings (SSSR count). The van der Waals surface area contributed by atoms with E-state index in [-0.39, 0.29) is 35.3 Å². The number of phenols is 2. The SMILES string of the molecule is COc1cc(CC[C@H](OCO)[C@H]2[C@H](Cc3ccc[nH]3)C[C@H](O)[C@H](Cc3cc(OC)c(O)c(OCO)c3)[C@@H]2O)ccc1O. The number of hydrogen-bond acceptors (Lipinski definition) is 10. The van der Waals surface area contributed by atoms with Gasteiger partial charge in [0.15, 0.2) is 29.8 Å². The second-order valence-electron chi connectivity index (χ2n) is 10.7. The summed E-state index contributed by atoms with van der Waals surface area (Å²) >= 11 is 0. The fourth-order valence-corrected chi connectivity index (χ4v) is 6.24. The molecule has 1 aromatic heterocycles. The Morgan fingerprint density at radius 1 is 0.905 bits per heavy atom. The first-order chi connectivity index (χ1) is 20.3. The predicted octanol–water partition coefficient (Wildman–Crippen LogP) is 2.50. The Hall–Kier alpha value is -3.48. The van der Waals surface area contributed by atoms with Gasteiger partial charge in [-0.15, -0.1) is 0 Å². The van der Waals surface area contributed by atoms with E-state index in [4.69, 9.17) is 18.9 Å². The molecule has 1 fully saturated rings. The molecule has 11 nitrogen and oxygen atoms in total. The van der Waals surface area contributed by atoms with E-state index in [9.17, 15) is 30.6 Å². The average Bonchev–Trinajstić information content (AvgIpc) is 3.49. The number of aliphatic hydroxyl groups excluding tert-OH is 4. The lowest BCUT2D eigenvalue weighted by atomic mass is 9.65. The number of nitrogens with one attached hydrogen (secondary N) is 1. The summed E-state index contributed by atoms with van der Waals surface area (Å²) in [6, 6.07) is 12.1. The van der Waals surface area contributed by atoms with Gasteiger partial charge in [-0.25, -0.2) is 0 Å². The zero-order chi connectivity index (χ0) is 30.2. The molecule has 11 heteroatoms. The number of H-pyrrole nitrogens is 1. The molecule has 0 unspecified atom stereocenters. The van der Waals surface area contributed by atoms with Crippen LogP contribution in [0.5, 0.6) is 28.7 Å². The molecular weight excluding hydrogens is 546 g/mol. The van der Waals surface area contributed by atoms with Crippen LogP contribution in [-0.2, 0) is 24.0 Å². The lowest BCUT2D eigenvalue weighted by Crippen LogP contribution is -2.53. The number of ether oxygens (including phenoxy) is 4. The van der Waals surface area contributed by atoms with Crippen LogP contribution in [0.15, 0.2) is 48.7 Å². The molecule has 0 saturated heterocycles. The molecule has 0 bridgehead atoms. The van der Waals surface area contributed by atoms with Crippen molar-refractivity contribution in [3.63, 3.8) is 0 Å². The van der Waals surface area contributed by atoms with Gasteiger partial charge in [0.1, 0.15) is 6.79 Å². The van der Waals surface area contributed by atoms with Crippen LogP contribution < -0.4 is 14.2 Å². The predicted molar refractivity (Wildman–Crippen MR) is 153 cm³/mol. The van der Waals surface area contributed by atoms with Crippen molar-refractivity contribution in [2.24, 2.45) is 17.8 Å². The second-order valence-corrected chi connectivity index (χ2v) is 10.7. The molecule has 6 atom stereocenters. The Morgan fingerprint density at radius 3 is 2.31 bits per heavy atom. The Morgan fingerprint density at radius 2 is 1.64 bits per heavy atom. The highest BCUT2D eigenvalue weighted by Gasteiger charge is 2.47. The molecule has 0 amide bonds. The van der Waals surface area contributed by atoms with Gasteiger partial charge in [-0.3, -0.25) is 0 Å². The van der Waals surface area contributed by atoms with Crippen LogP contribution in [0.1, 0.15) is 29.7 Å². The minimum absolute atomic E-state index is 0.0265. The van der Waals surface area contributed by atoms with E-state index >= 15 is 0 Å². The molecular formula is C31H41NO10. The first-order valence-corrected chi connectivity index (χ1v) is 14.0. The molecule has 0 spiro atoms. The number of aromatic hydroxyl groups is 2. The van der Waals surface area contributed by atoms with Crippen LogP contribution in [0.25, 0.3) is 0 Å². The summed E-state index contributed by atoms with van der Waals surface area (Å²) in [5.74, 6) is -0.921. The minimum atomic E-state index is -1.01. The molecule has 3 aromatic rings. The average molecular weight is 588 g/mol. The molecule has 42 heavy (non-hydrogen) atoms. The lowest BCUT2D eigenvalue weighted by Gasteiger charge is -2.46. The van der Waals surface area contributed by atoms with Crippen LogP contribution in [0.3, 0.4) is 0 Å². The lowest BCUT2D eigenvalue weighted by molar-refractivity contribution is -0.156. The fourth-order valence-electron chi connectivity index (χ4n) is 6.24. The van der Waals surface area contributed by atoms with Gasteiger partial charge in [-0.05, 0) is 85.5 Å². The number of aryl methyl sites for hydroxylation is 1. The summed E-state index contributed by atoms with van der Waals surface area (Å²) in [6.45, 7) is -1.18. The third kappa shape index (κ3) is 7.29. The molecule has 7 N–H and O–H groups in total. The summed E-state index contributed by atoms with van der Waals surface area (Å²) in [7, 11) is 2.88. The number of rotatable bonds is 14. The van der Waals surface area contributed by atoms with Crippen LogP contribution in [-0.4, -0.2) is 81.7 Å². The van der Waals surface area contributed by atoms with Gasteiger partial charge in [0.05, 0.1) is 32.5 Å². The van der Waals surface area contributed by atoms with Crippen molar-refractivity contribution in [3.05, 3.63) is 65.5 Å². The first kappa shape index (κ1) is 31.5. The Labute approximate surface area is 244 Å². The normalized spacial score (nSPS) is 23.0. The second kappa shape index (κ2) is 14.6. The van der Waals surface area contributed by atoms with E-state index in [0.29, 0.717) is 37.0 Å². The highest BCUT2D eigenvalue weighted by Crippen LogP contribution is 2.44. The summed E-state index contributed by atoms with van der Waals surface area (Å²) in [6.07, 6.45) is 1.59. The number of methoxy groups -OCH3 is 2. The van der Waals surface area contributed by atoms with Crippen molar-refractivity contribution < 1.29 is 49.6 Å².